The number of phenolic OH excluding ortho intramolecular Hbond substituents is 1. The molecule has 0 unspecified atom stereocenters. The highest BCUT2D eigenvalue weighted by atomic mass is 16.5. The molecule has 0 aromatic heterocycles. The highest BCUT2D eigenvalue weighted by Gasteiger charge is 2.22. The van der Waals surface area contributed by atoms with E-state index in [0.717, 1.165) is 0 Å². The Morgan fingerprint density at radius 1 is 1.43 bits per heavy atom. The summed E-state index contributed by atoms with van der Waals surface area (Å²) in [6.07, 6.45) is 0. The first kappa shape index (κ1) is 9.02. The van der Waals surface area contributed by atoms with Gasteiger partial charge in [0, 0.05) is 11.1 Å². The van der Waals surface area contributed by atoms with Crippen molar-refractivity contribution in [2.45, 2.75) is 6.61 Å². The van der Waals surface area contributed by atoms with Crippen LogP contribution in [0.3, 0.4) is 0 Å². The lowest BCUT2D eigenvalue weighted by Gasteiger charge is -2.17. The van der Waals surface area contributed by atoms with Crippen molar-refractivity contribution >= 4 is 5.78 Å². The Labute approximate surface area is 81.1 Å². The third-order valence-electron chi connectivity index (χ3n) is 2.25. The van der Waals surface area contributed by atoms with Gasteiger partial charge >= 0.3 is 0 Å². The van der Waals surface area contributed by atoms with Gasteiger partial charge in [-0.1, -0.05) is 0 Å². The van der Waals surface area contributed by atoms with Crippen LogP contribution in [0.1, 0.15) is 15.9 Å². The quantitative estimate of drug-likeness (QED) is 0.727. The van der Waals surface area contributed by atoms with Gasteiger partial charge in [-0.15, -0.1) is 0 Å². The molecule has 1 N–H and O–H groups in total. The van der Waals surface area contributed by atoms with Gasteiger partial charge in [0.1, 0.15) is 6.61 Å². The molecule has 4 heteroatoms. The van der Waals surface area contributed by atoms with Gasteiger partial charge in [0.25, 0.3) is 0 Å². The van der Waals surface area contributed by atoms with Gasteiger partial charge < -0.3 is 14.6 Å². The number of ketones is 1. The lowest BCUT2D eigenvalue weighted by molar-refractivity contribution is 0.0657. The lowest BCUT2D eigenvalue weighted by atomic mass is 10.0. The van der Waals surface area contributed by atoms with Crippen molar-refractivity contribution < 1.29 is 19.4 Å². The summed E-state index contributed by atoms with van der Waals surface area (Å²) >= 11 is 0. The summed E-state index contributed by atoms with van der Waals surface area (Å²) in [7, 11) is 1.47. The second-order valence-electron chi connectivity index (χ2n) is 3.06. The Morgan fingerprint density at radius 2 is 2.21 bits per heavy atom. The first-order valence-electron chi connectivity index (χ1n) is 4.24. The molecule has 0 aliphatic carbocycles. The van der Waals surface area contributed by atoms with Crippen LogP contribution in [0, 0.1) is 0 Å². The fourth-order valence-electron chi connectivity index (χ4n) is 1.51. The fourth-order valence-corrected chi connectivity index (χ4v) is 1.51. The van der Waals surface area contributed by atoms with Gasteiger partial charge in [-0.25, -0.2) is 0 Å². The molecule has 0 fully saturated rings. The largest absolute Gasteiger partial charge is 0.504 e. The number of carbonyl (C=O) groups excluding carboxylic acids is 1. The van der Waals surface area contributed by atoms with Gasteiger partial charge in [0.15, 0.2) is 17.3 Å². The zero-order valence-corrected chi connectivity index (χ0v) is 7.74. The molecule has 0 amide bonds. The van der Waals surface area contributed by atoms with E-state index in [4.69, 9.17) is 9.47 Å². The number of ether oxygens (including phenoxy) is 2. The molecular formula is C10H10O4. The molecule has 0 spiro atoms. The Balaban J connectivity index is 2.57. The Bertz CT molecular complexity index is 384. The van der Waals surface area contributed by atoms with Crippen LogP contribution in [0.25, 0.3) is 0 Å². The highest BCUT2D eigenvalue weighted by Crippen LogP contribution is 2.34. The monoisotopic (exact) mass is 194 g/mol. The highest BCUT2D eigenvalue weighted by molar-refractivity contribution is 6.00. The summed E-state index contributed by atoms with van der Waals surface area (Å²) in [6.45, 7) is 0.336. The zero-order chi connectivity index (χ0) is 10.1. The van der Waals surface area contributed by atoms with Crippen LogP contribution in [0.4, 0.5) is 0 Å². The number of phenols is 1. The molecule has 0 radical (unpaired) electrons. The molecule has 2 rings (SSSR count). The van der Waals surface area contributed by atoms with Crippen LogP contribution in [-0.4, -0.2) is 24.6 Å². The number of methoxy groups -OCH3 is 1. The topological polar surface area (TPSA) is 55.8 Å². The number of rotatable bonds is 1. The number of Topliss-reactive ketones (excluding diaryl/α,β-unsaturated/α-hetero) is 1. The standard InChI is InChI=1S/C10H10O4/c1-13-9-3-2-6-7(10(9)12)4-14-5-8(6)11/h2-3,12H,4-5H2,1H3. The predicted molar refractivity (Wildman–Crippen MR) is 48.6 cm³/mol. The van der Waals surface area contributed by atoms with Crippen LogP contribution in [0.15, 0.2) is 12.1 Å². The third-order valence-corrected chi connectivity index (χ3v) is 2.25. The molecule has 1 aromatic rings. The SMILES string of the molecule is COc1ccc2c(c1O)COCC2=O. The van der Waals surface area contributed by atoms with E-state index in [2.05, 4.69) is 0 Å². The van der Waals surface area contributed by atoms with E-state index in [9.17, 15) is 9.90 Å². The van der Waals surface area contributed by atoms with Crippen molar-refractivity contribution in [3.05, 3.63) is 23.3 Å². The van der Waals surface area contributed by atoms with E-state index < -0.39 is 0 Å². The number of benzene rings is 1. The molecule has 74 valence electrons. The van der Waals surface area contributed by atoms with E-state index in [1.807, 2.05) is 0 Å². The minimum atomic E-state index is -0.107. The molecule has 1 heterocycles. The van der Waals surface area contributed by atoms with Gasteiger partial charge in [0.05, 0.1) is 13.7 Å². The molecule has 0 atom stereocenters. The van der Waals surface area contributed by atoms with Gasteiger partial charge in [0.2, 0.25) is 0 Å². The van der Waals surface area contributed by atoms with E-state index >= 15 is 0 Å². The van der Waals surface area contributed by atoms with Crippen LogP contribution in [0.2, 0.25) is 0 Å². The maximum absolute atomic E-state index is 11.4. The molecule has 0 saturated carbocycles. The molecule has 0 saturated heterocycles. The minimum absolute atomic E-state index is 0.00181. The molecular weight excluding hydrogens is 184 g/mol. The van der Waals surface area contributed by atoms with E-state index in [1.165, 1.54) is 7.11 Å². The Hall–Kier alpha value is -1.55. The molecule has 1 aliphatic heterocycles. The number of aromatic hydroxyl groups is 1. The first-order valence-corrected chi connectivity index (χ1v) is 4.24. The van der Waals surface area contributed by atoms with Crippen molar-refractivity contribution in [3.63, 3.8) is 0 Å². The van der Waals surface area contributed by atoms with E-state index in [-0.39, 0.29) is 24.7 Å². The molecule has 1 aromatic carbocycles. The van der Waals surface area contributed by atoms with Crippen LogP contribution in [-0.2, 0) is 11.3 Å². The number of carbonyl (C=O) groups is 1. The smallest absolute Gasteiger partial charge is 0.188 e. The third kappa shape index (κ3) is 1.24. The average molecular weight is 194 g/mol. The van der Waals surface area contributed by atoms with E-state index in [0.29, 0.717) is 16.9 Å². The van der Waals surface area contributed by atoms with Crippen LogP contribution >= 0.6 is 0 Å². The molecule has 1 aliphatic rings. The second-order valence-corrected chi connectivity index (χ2v) is 3.06. The average Bonchev–Trinajstić information content (AvgIpc) is 2.20. The maximum Gasteiger partial charge on any atom is 0.188 e. The summed E-state index contributed by atoms with van der Waals surface area (Å²) in [6, 6.07) is 3.23. The zero-order valence-electron chi connectivity index (χ0n) is 7.74. The Morgan fingerprint density at radius 3 is 2.93 bits per heavy atom. The number of hydrogen-bond acceptors (Lipinski definition) is 4. The van der Waals surface area contributed by atoms with Gasteiger partial charge in [-0.05, 0) is 12.1 Å². The minimum Gasteiger partial charge on any atom is -0.504 e. The summed E-state index contributed by atoms with van der Waals surface area (Å²) in [5.41, 5.74) is 1.04. The van der Waals surface area contributed by atoms with Crippen molar-refractivity contribution in [2.24, 2.45) is 0 Å². The normalized spacial score (nSPS) is 15.1. The Kier molecular flexibility index (Phi) is 2.13. The summed E-state index contributed by atoms with van der Waals surface area (Å²) in [5, 5.41) is 9.70. The van der Waals surface area contributed by atoms with Gasteiger partial charge in [-0.2, -0.15) is 0 Å². The molecule has 4 nitrogen and oxygen atoms in total. The van der Waals surface area contributed by atoms with E-state index in [1.54, 1.807) is 12.1 Å². The molecule has 0 bridgehead atoms. The second kappa shape index (κ2) is 3.31. The van der Waals surface area contributed by atoms with Crippen molar-refractivity contribution in [1.29, 1.82) is 0 Å². The van der Waals surface area contributed by atoms with Crippen LogP contribution in [0.5, 0.6) is 11.5 Å². The lowest BCUT2D eigenvalue weighted by Crippen LogP contribution is -2.18. The van der Waals surface area contributed by atoms with Crippen LogP contribution < -0.4 is 4.74 Å². The molecule has 14 heavy (non-hydrogen) atoms. The van der Waals surface area contributed by atoms with Crippen molar-refractivity contribution in [3.8, 4) is 11.5 Å². The number of hydrogen-bond donors (Lipinski definition) is 1. The summed E-state index contributed by atoms with van der Waals surface area (Å²) in [4.78, 5) is 11.4. The van der Waals surface area contributed by atoms with Crippen molar-refractivity contribution in [1.82, 2.24) is 0 Å². The summed E-state index contributed by atoms with van der Waals surface area (Å²) < 4.78 is 9.95. The van der Waals surface area contributed by atoms with Gasteiger partial charge in [-0.3, -0.25) is 4.79 Å². The summed E-state index contributed by atoms with van der Waals surface area (Å²) in [5.74, 6) is 0.254. The predicted octanol–water partition coefficient (Wildman–Crippen LogP) is 1.11. The fraction of sp³-hybridized carbons (Fsp3) is 0.300. The maximum atomic E-state index is 11.4. The van der Waals surface area contributed by atoms with Crippen molar-refractivity contribution in [2.75, 3.05) is 13.7 Å². The first-order chi connectivity index (χ1) is 6.74. The number of fused-ring (bicyclic) bond motifs is 1.